The molecule has 1 aliphatic heterocycles. The Labute approximate surface area is 146 Å². The minimum Gasteiger partial charge on any atom is -0.324 e. The molecule has 24 heavy (non-hydrogen) atoms. The van der Waals surface area contributed by atoms with Crippen molar-refractivity contribution in [2.45, 2.75) is 19.8 Å². The minimum atomic E-state index is -0.376. The summed E-state index contributed by atoms with van der Waals surface area (Å²) in [5.74, 6) is -0.568. The van der Waals surface area contributed by atoms with Crippen molar-refractivity contribution in [3.05, 3.63) is 59.1 Å². The highest BCUT2D eigenvalue weighted by molar-refractivity contribution is 6.33. The molecule has 2 aromatic carbocycles. The van der Waals surface area contributed by atoms with Gasteiger partial charge in [0.05, 0.1) is 16.6 Å². The van der Waals surface area contributed by atoms with Gasteiger partial charge in [0.25, 0.3) is 0 Å². The summed E-state index contributed by atoms with van der Waals surface area (Å²) in [5, 5.41) is 3.31. The van der Waals surface area contributed by atoms with E-state index in [1.807, 2.05) is 30.3 Å². The normalized spacial score (nSPS) is 17.2. The van der Waals surface area contributed by atoms with Crippen LogP contribution >= 0.6 is 11.6 Å². The molecule has 1 heterocycles. The fourth-order valence-corrected chi connectivity index (χ4v) is 3.17. The summed E-state index contributed by atoms with van der Waals surface area (Å²) in [4.78, 5) is 26.6. The van der Waals surface area contributed by atoms with Crippen molar-refractivity contribution in [2.24, 2.45) is 5.92 Å². The summed E-state index contributed by atoms with van der Waals surface area (Å²) in [7, 11) is 0. The predicted molar refractivity (Wildman–Crippen MR) is 96.4 cm³/mol. The zero-order chi connectivity index (χ0) is 17.1. The summed E-state index contributed by atoms with van der Waals surface area (Å²) < 4.78 is 0. The van der Waals surface area contributed by atoms with Crippen LogP contribution in [0.1, 0.15) is 18.9 Å². The molecular formula is C19H19ClN2O2. The first-order valence-corrected chi connectivity index (χ1v) is 8.41. The largest absolute Gasteiger partial charge is 0.324 e. The highest BCUT2D eigenvalue weighted by atomic mass is 35.5. The standard InChI is InChI=1S/C19H19ClN2O2/c1-2-13-7-3-6-10-17(13)22-12-14(11-18(22)23)19(24)21-16-9-5-4-8-15(16)20/h3-10,14H,2,11-12H2,1H3,(H,21,24). The van der Waals surface area contributed by atoms with E-state index in [0.717, 1.165) is 17.7 Å². The van der Waals surface area contributed by atoms with E-state index in [9.17, 15) is 9.59 Å². The van der Waals surface area contributed by atoms with Crippen LogP contribution < -0.4 is 10.2 Å². The lowest BCUT2D eigenvalue weighted by molar-refractivity contribution is -0.122. The molecular weight excluding hydrogens is 324 g/mol. The molecule has 1 atom stereocenters. The third-order valence-electron chi connectivity index (χ3n) is 4.29. The van der Waals surface area contributed by atoms with Gasteiger partial charge in [0, 0.05) is 18.7 Å². The number of benzene rings is 2. The van der Waals surface area contributed by atoms with Crippen LogP contribution in [0.4, 0.5) is 11.4 Å². The second kappa shape index (κ2) is 7.05. The van der Waals surface area contributed by atoms with E-state index in [1.165, 1.54) is 0 Å². The average molecular weight is 343 g/mol. The van der Waals surface area contributed by atoms with Crippen molar-refractivity contribution in [2.75, 3.05) is 16.8 Å². The molecule has 1 aliphatic rings. The molecule has 1 N–H and O–H groups in total. The molecule has 0 saturated carbocycles. The maximum absolute atomic E-state index is 12.5. The highest BCUT2D eigenvalue weighted by Gasteiger charge is 2.35. The fraction of sp³-hybridized carbons (Fsp3) is 0.263. The number of nitrogens with one attached hydrogen (secondary N) is 1. The van der Waals surface area contributed by atoms with E-state index in [1.54, 1.807) is 23.1 Å². The maximum Gasteiger partial charge on any atom is 0.229 e. The number of anilines is 2. The number of hydrogen-bond acceptors (Lipinski definition) is 2. The predicted octanol–water partition coefficient (Wildman–Crippen LogP) is 3.89. The fourth-order valence-electron chi connectivity index (χ4n) is 2.99. The molecule has 4 nitrogen and oxygen atoms in total. The Morgan fingerprint density at radius 1 is 1.21 bits per heavy atom. The third kappa shape index (κ3) is 3.29. The van der Waals surface area contributed by atoms with Gasteiger partial charge in [0.15, 0.2) is 0 Å². The molecule has 0 bridgehead atoms. The number of halogens is 1. The van der Waals surface area contributed by atoms with Gasteiger partial charge < -0.3 is 10.2 Å². The van der Waals surface area contributed by atoms with Gasteiger partial charge in [-0.15, -0.1) is 0 Å². The van der Waals surface area contributed by atoms with Crippen LogP contribution in [0.2, 0.25) is 5.02 Å². The molecule has 1 fully saturated rings. The first-order chi connectivity index (χ1) is 11.6. The molecule has 0 spiro atoms. The maximum atomic E-state index is 12.5. The zero-order valence-electron chi connectivity index (χ0n) is 13.5. The van der Waals surface area contributed by atoms with Gasteiger partial charge in [-0.05, 0) is 30.2 Å². The van der Waals surface area contributed by atoms with E-state index >= 15 is 0 Å². The van der Waals surface area contributed by atoms with Crippen molar-refractivity contribution in [1.82, 2.24) is 0 Å². The Morgan fingerprint density at radius 3 is 2.67 bits per heavy atom. The smallest absolute Gasteiger partial charge is 0.229 e. The van der Waals surface area contributed by atoms with Gasteiger partial charge in [0.1, 0.15) is 0 Å². The Bertz CT molecular complexity index is 775. The second-order valence-electron chi connectivity index (χ2n) is 5.86. The van der Waals surface area contributed by atoms with E-state index in [-0.39, 0.29) is 24.2 Å². The Morgan fingerprint density at radius 2 is 1.92 bits per heavy atom. The number of carbonyl (C=O) groups is 2. The monoisotopic (exact) mass is 342 g/mol. The minimum absolute atomic E-state index is 0.0183. The van der Waals surface area contributed by atoms with Crippen molar-refractivity contribution < 1.29 is 9.59 Å². The molecule has 0 radical (unpaired) electrons. The van der Waals surface area contributed by atoms with Gasteiger partial charge in [-0.1, -0.05) is 48.9 Å². The lowest BCUT2D eigenvalue weighted by atomic mass is 10.1. The first kappa shape index (κ1) is 16.5. The lowest BCUT2D eigenvalue weighted by Crippen LogP contribution is -2.28. The number of carbonyl (C=O) groups excluding carboxylic acids is 2. The molecule has 0 aromatic heterocycles. The number of rotatable bonds is 4. The topological polar surface area (TPSA) is 49.4 Å². The molecule has 1 unspecified atom stereocenters. The van der Waals surface area contributed by atoms with Crippen LogP contribution in [0.3, 0.4) is 0 Å². The number of nitrogens with zero attached hydrogens (tertiary/aromatic N) is 1. The van der Waals surface area contributed by atoms with E-state index < -0.39 is 0 Å². The van der Waals surface area contributed by atoms with Gasteiger partial charge in [-0.2, -0.15) is 0 Å². The summed E-state index contributed by atoms with van der Waals surface area (Å²) in [5.41, 5.74) is 2.58. The van der Waals surface area contributed by atoms with E-state index in [4.69, 9.17) is 11.6 Å². The first-order valence-electron chi connectivity index (χ1n) is 8.03. The van der Waals surface area contributed by atoms with E-state index in [0.29, 0.717) is 17.3 Å². The average Bonchev–Trinajstić information content (AvgIpc) is 2.98. The zero-order valence-corrected chi connectivity index (χ0v) is 14.2. The van der Waals surface area contributed by atoms with Crippen LogP contribution in [0.5, 0.6) is 0 Å². The molecule has 124 valence electrons. The molecule has 5 heteroatoms. The highest BCUT2D eigenvalue weighted by Crippen LogP contribution is 2.29. The third-order valence-corrected chi connectivity index (χ3v) is 4.62. The number of aryl methyl sites for hydroxylation is 1. The van der Waals surface area contributed by atoms with Crippen molar-refractivity contribution in [3.63, 3.8) is 0 Å². The lowest BCUT2D eigenvalue weighted by Gasteiger charge is -2.20. The van der Waals surface area contributed by atoms with Crippen LogP contribution in [0.25, 0.3) is 0 Å². The van der Waals surface area contributed by atoms with Crippen molar-refractivity contribution >= 4 is 34.8 Å². The van der Waals surface area contributed by atoms with Crippen molar-refractivity contribution in [1.29, 1.82) is 0 Å². The van der Waals surface area contributed by atoms with Gasteiger partial charge in [0.2, 0.25) is 11.8 Å². The van der Waals surface area contributed by atoms with Crippen molar-refractivity contribution in [3.8, 4) is 0 Å². The summed E-state index contributed by atoms with van der Waals surface area (Å²) in [6.07, 6.45) is 1.06. The second-order valence-corrected chi connectivity index (χ2v) is 6.26. The Balaban J connectivity index is 1.75. The molecule has 3 rings (SSSR count). The Kier molecular flexibility index (Phi) is 4.86. The van der Waals surface area contributed by atoms with Gasteiger partial charge in [-0.3, -0.25) is 9.59 Å². The van der Waals surface area contributed by atoms with Crippen LogP contribution in [0.15, 0.2) is 48.5 Å². The van der Waals surface area contributed by atoms with Gasteiger partial charge >= 0.3 is 0 Å². The molecule has 1 saturated heterocycles. The van der Waals surface area contributed by atoms with Crippen LogP contribution in [-0.2, 0) is 16.0 Å². The van der Waals surface area contributed by atoms with Crippen LogP contribution in [-0.4, -0.2) is 18.4 Å². The number of para-hydroxylation sites is 2. The number of hydrogen-bond donors (Lipinski definition) is 1. The van der Waals surface area contributed by atoms with Gasteiger partial charge in [-0.25, -0.2) is 0 Å². The number of amides is 2. The summed E-state index contributed by atoms with van der Waals surface area (Å²) in [6.45, 7) is 2.45. The summed E-state index contributed by atoms with van der Waals surface area (Å²) in [6, 6.07) is 14.9. The quantitative estimate of drug-likeness (QED) is 0.916. The van der Waals surface area contributed by atoms with E-state index in [2.05, 4.69) is 12.2 Å². The SMILES string of the molecule is CCc1ccccc1N1CC(C(=O)Nc2ccccc2Cl)CC1=O. The van der Waals surface area contributed by atoms with Crippen LogP contribution in [0, 0.1) is 5.92 Å². The molecule has 0 aliphatic carbocycles. The molecule has 2 aromatic rings. The molecule has 2 amide bonds. The summed E-state index contributed by atoms with van der Waals surface area (Å²) >= 11 is 6.08. The Hall–Kier alpha value is -2.33.